The summed E-state index contributed by atoms with van der Waals surface area (Å²) in [5.74, 6) is 0. The van der Waals surface area contributed by atoms with E-state index in [2.05, 4.69) is 110 Å². The van der Waals surface area contributed by atoms with Crippen LogP contribution in [0.1, 0.15) is 29.5 Å². The Hall–Kier alpha value is -2.38. The Balaban J connectivity index is 1.75. The van der Waals surface area contributed by atoms with Gasteiger partial charge in [-0.05, 0) is 0 Å². The molecule has 5 rings (SSSR count). The average Bonchev–Trinajstić information content (AvgIpc) is 3.45. The zero-order chi connectivity index (χ0) is 20.3. The molecule has 0 aliphatic heterocycles. The van der Waals surface area contributed by atoms with Gasteiger partial charge in [-0.15, -0.1) is 0 Å². The van der Waals surface area contributed by atoms with Gasteiger partial charge in [0.25, 0.3) is 0 Å². The van der Waals surface area contributed by atoms with Gasteiger partial charge in [0.05, 0.1) is 0 Å². The van der Waals surface area contributed by atoms with Crippen LogP contribution in [0, 0.1) is 0 Å². The molecule has 0 saturated carbocycles. The molecular weight excluding hydrogens is 527 g/mol. The van der Waals surface area contributed by atoms with Crippen LogP contribution in [0.3, 0.4) is 0 Å². The Morgan fingerprint density at radius 3 is 2.40 bits per heavy atom. The van der Waals surface area contributed by atoms with Crippen molar-refractivity contribution < 1.29 is 21.0 Å². The second kappa shape index (κ2) is 8.78. The van der Waals surface area contributed by atoms with Crippen molar-refractivity contribution in [2.75, 3.05) is 0 Å². The first-order valence-corrected chi connectivity index (χ1v) is 16.5. The fourth-order valence-corrected chi connectivity index (χ4v) is 17.1. The fraction of sp³-hybridized carbons (Fsp3) is 0.138. The van der Waals surface area contributed by atoms with Gasteiger partial charge in [0.15, 0.2) is 0 Å². The van der Waals surface area contributed by atoms with E-state index in [0.717, 1.165) is 19.3 Å². The molecule has 2 aliphatic carbocycles. The Labute approximate surface area is 187 Å². The Morgan fingerprint density at radius 2 is 1.60 bits per heavy atom. The van der Waals surface area contributed by atoms with Crippen molar-refractivity contribution in [1.82, 2.24) is 0 Å². The fourth-order valence-electron chi connectivity index (χ4n) is 4.90. The number of benzene rings is 3. The van der Waals surface area contributed by atoms with E-state index in [4.69, 9.17) is 0 Å². The third-order valence-corrected chi connectivity index (χ3v) is 18.1. The summed E-state index contributed by atoms with van der Waals surface area (Å²) in [5, 5.41) is 0. The van der Waals surface area contributed by atoms with Crippen molar-refractivity contribution in [3.05, 3.63) is 126 Å². The van der Waals surface area contributed by atoms with E-state index in [0.29, 0.717) is 3.67 Å². The summed E-state index contributed by atoms with van der Waals surface area (Å²) in [6.45, 7) is 4.02. The van der Waals surface area contributed by atoms with Crippen molar-refractivity contribution in [2.24, 2.45) is 0 Å². The van der Waals surface area contributed by atoms with Crippen LogP contribution in [0.5, 0.6) is 0 Å². The Kier molecular flexibility index (Phi) is 5.73. The minimum atomic E-state index is -2.48. The maximum absolute atomic E-state index is 4.02. The Bertz CT molecular complexity index is 1170. The quantitative estimate of drug-likeness (QED) is 0.187. The molecule has 0 bridgehead atoms. The molecule has 0 aromatic heterocycles. The van der Waals surface area contributed by atoms with Gasteiger partial charge in [-0.2, -0.15) is 0 Å². The van der Waals surface area contributed by atoms with E-state index in [1.165, 1.54) is 22.3 Å². The van der Waals surface area contributed by atoms with Gasteiger partial charge in [0.1, 0.15) is 0 Å². The van der Waals surface area contributed by atoms with Gasteiger partial charge in [0, 0.05) is 0 Å². The summed E-state index contributed by atoms with van der Waals surface area (Å²) >= 11 is -2.48. The molecule has 30 heavy (non-hydrogen) atoms. The summed E-state index contributed by atoms with van der Waals surface area (Å²) in [6.07, 6.45) is 14.8. The van der Waals surface area contributed by atoms with Crippen molar-refractivity contribution in [3.8, 4) is 11.1 Å². The number of fused-ring (bicyclic) bond motifs is 3. The van der Waals surface area contributed by atoms with Crippen molar-refractivity contribution in [2.45, 2.75) is 22.9 Å². The molecule has 0 fully saturated rings. The van der Waals surface area contributed by atoms with E-state index in [1.54, 1.807) is 12.1 Å². The molecule has 2 aliphatic rings. The van der Waals surface area contributed by atoms with Gasteiger partial charge in [-0.1, -0.05) is 0 Å². The molecule has 1 heteroatoms. The summed E-state index contributed by atoms with van der Waals surface area (Å²) in [4.78, 5) is 0. The number of hydrogen-bond acceptors (Lipinski definition) is 0. The topological polar surface area (TPSA) is 0 Å². The number of rotatable bonds is 6. The average molecular weight is 553 g/mol. The number of hydrogen-bond donors (Lipinski definition) is 0. The minimum absolute atomic E-state index is 0.602. The van der Waals surface area contributed by atoms with Gasteiger partial charge in [-0.3, -0.25) is 0 Å². The van der Waals surface area contributed by atoms with Crippen LogP contribution in [0.25, 0.3) is 11.1 Å². The summed E-state index contributed by atoms with van der Waals surface area (Å²) in [5.41, 5.74) is 7.43. The molecule has 0 N–H and O–H groups in total. The van der Waals surface area contributed by atoms with Crippen LogP contribution in [-0.2, 0) is 27.4 Å². The summed E-state index contributed by atoms with van der Waals surface area (Å²) < 4.78 is 4.02. The van der Waals surface area contributed by atoms with Crippen LogP contribution in [-0.4, -0.2) is 3.26 Å². The van der Waals surface area contributed by atoms with Crippen molar-refractivity contribution in [3.63, 3.8) is 0 Å². The predicted octanol–water partition coefficient (Wildman–Crippen LogP) is 6.60. The van der Waals surface area contributed by atoms with E-state index >= 15 is 0 Å². The first-order chi connectivity index (χ1) is 14.9. The Morgan fingerprint density at radius 1 is 0.867 bits per heavy atom. The molecule has 0 amide bonds. The molecule has 3 aromatic rings. The molecule has 0 unspecified atom stereocenters. The summed E-state index contributed by atoms with van der Waals surface area (Å²) in [6, 6.07) is 27.2. The first-order valence-electron chi connectivity index (χ1n) is 10.8. The zero-order valence-corrected chi connectivity index (χ0v) is 20.8. The zero-order valence-electron chi connectivity index (χ0n) is 17.2. The third kappa shape index (κ3) is 3.61. The first kappa shape index (κ1) is 19.6. The van der Waals surface area contributed by atoms with Crippen molar-refractivity contribution >= 4 is 6.58 Å². The van der Waals surface area contributed by atoms with E-state index in [9.17, 15) is 0 Å². The molecule has 0 heterocycles. The molecule has 0 radical (unpaired) electrons. The molecule has 0 spiro atoms. The second-order valence-corrected chi connectivity index (χ2v) is 17.5. The molecule has 146 valence electrons. The van der Waals surface area contributed by atoms with Crippen LogP contribution in [0.15, 0.2) is 110 Å². The molecule has 0 nitrogen and oxygen atoms in total. The van der Waals surface area contributed by atoms with Gasteiger partial charge in [0.2, 0.25) is 0 Å². The predicted molar refractivity (Wildman–Crippen MR) is 126 cm³/mol. The van der Waals surface area contributed by atoms with Gasteiger partial charge < -0.3 is 0 Å². The molecule has 0 saturated heterocycles. The molecular formula is C29H26Hf. The van der Waals surface area contributed by atoms with Crippen LogP contribution < -0.4 is 3.32 Å². The maximum atomic E-state index is 4.02. The summed E-state index contributed by atoms with van der Waals surface area (Å²) in [7, 11) is 0. The monoisotopic (exact) mass is 554 g/mol. The van der Waals surface area contributed by atoms with Crippen LogP contribution >= 0.6 is 0 Å². The number of allylic oxidation sites excluding steroid dienone is 5. The molecule has 0 atom stereocenters. The normalized spacial score (nSPS) is 15.1. The third-order valence-electron chi connectivity index (χ3n) is 6.27. The van der Waals surface area contributed by atoms with E-state index < -0.39 is 21.0 Å². The van der Waals surface area contributed by atoms with Gasteiger partial charge >= 0.3 is 188 Å². The van der Waals surface area contributed by atoms with Crippen molar-refractivity contribution in [1.29, 1.82) is 0 Å². The second-order valence-electron chi connectivity index (χ2n) is 8.05. The van der Waals surface area contributed by atoms with Gasteiger partial charge in [-0.25, -0.2) is 0 Å². The van der Waals surface area contributed by atoms with Crippen LogP contribution in [0.2, 0.25) is 3.67 Å². The SMILES string of the molecule is C=CCC[C](c1ccccc1)=[Hf]([c]1cccc2c1Cc1ccccc1-2)[CH]1C=CC=C1. The van der Waals surface area contributed by atoms with Crippen LogP contribution in [0.4, 0.5) is 0 Å². The molecule has 3 aromatic carbocycles. The van der Waals surface area contributed by atoms with E-state index in [-0.39, 0.29) is 0 Å². The van der Waals surface area contributed by atoms with E-state index in [1.807, 2.05) is 0 Å². The standard InChI is InChI=1S/C13H9.C11H12.C5H5.Hf/c1-3-7-12-10(5-1)9-11-6-2-4-8-13(11)12;1-2-3-5-8-11-9-6-4-7-10-11;1-2-4-5-3-1;/h1-5,7-8H,9H2;2,4,6-7,9-10H,1,3,5H2;1-5H;.